The maximum atomic E-state index is 8.45. The van der Waals surface area contributed by atoms with E-state index in [4.69, 9.17) is 10.00 Å². The maximum absolute atomic E-state index is 8.45. The van der Waals surface area contributed by atoms with E-state index in [1.807, 2.05) is 24.3 Å². The molecule has 0 amide bonds. The highest BCUT2D eigenvalue weighted by Gasteiger charge is 2.04. The molecular formula is C13H15NO. The molecule has 1 rings (SSSR count). The number of hydrogen-bond donors (Lipinski definition) is 0. The Bertz CT molecular complexity index is 376. The molecule has 0 aliphatic carbocycles. The standard InChI is InChI=1S/C13H15NO/c1-11(7-5-6-10-14)12-8-3-4-9-13(12)15-2/h3-4,8-9H,1,5-7H2,2H3. The van der Waals surface area contributed by atoms with Gasteiger partial charge in [0.15, 0.2) is 0 Å². The summed E-state index contributed by atoms with van der Waals surface area (Å²) in [5.41, 5.74) is 2.07. The van der Waals surface area contributed by atoms with E-state index < -0.39 is 0 Å². The summed E-state index contributed by atoms with van der Waals surface area (Å²) in [6, 6.07) is 9.95. The Kier molecular flexibility index (Phi) is 4.43. The van der Waals surface area contributed by atoms with Crippen molar-refractivity contribution in [3.63, 3.8) is 0 Å². The summed E-state index contributed by atoms with van der Waals surface area (Å²) in [5.74, 6) is 0.847. The van der Waals surface area contributed by atoms with E-state index in [0.29, 0.717) is 6.42 Å². The van der Waals surface area contributed by atoms with Crippen LogP contribution >= 0.6 is 0 Å². The number of para-hydroxylation sites is 1. The Morgan fingerprint density at radius 1 is 1.47 bits per heavy atom. The molecule has 2 nitrogen and oxygen atoms in total. The minimum absolute atomic E-state index is 0.578. The molecule has 0 atom stereocenters. The summed E-state index contributed by atoms with van der Waals surface area (Å²) in [4.78, 5) is 0. The third kappa shape index (κ3) is 3.14. The van der Waals surface area contributed by atoms with Gasteiger partial charge < -0.3 is 4.74 Å². The van der Waals surface area contributed by atoms with Crippen molar-refractivity contribution >= 4 is 5.57 Å². The monoisotopic (exact) mass is 201 g/mol. The highest BCUT2D eigenvalue weighted by molar-refractivity contribution is 5.68. The van der Waals surface area contributed by atoms with E-state index >= 15 is 0 Å². The van der Waals surface area contributed by atoms with Gasteiger partial charge in [-0.2, -0.15) is 5.26 Å². The van der Waals surface area contributed by atoms with Gasteiger partial charge in [-0.1, -0.05) is 24.8 Å². The number of nitrogens with zero attached hydrogens (tertiary/aromatic N) is 1. The minimum Gasteiger partial charge on any atom is -0.496 e. The van der Waals surface area contributed by atoms with Gasteiger partial charge in [0.2, 0.25) is 0 Å². The summed E-state index contributed by atoms with van der Waals surface area (Å²) in [5, 5.41) is 8.45. The Morgan fingerprint density at radius 2 is 2.20 bits per heavy atom. The van der Waals surface area contributed by atoms with Crippen LogP contribution in [0.25, 0.3) is 5.57 Å². The highest BCUT2D eigenvalue weighted by Crippen LogP contribution is 2.27. The lowest BCUT2D eigenvalue weighted by Crippen LogP contribution is -1.90. The molecular weight excluding hydrogens is 186 g/mol. The van der Waals surface area contributed by atoms with Gasteiger partial charge in [-0.15, -0.1) is 0 Å². The second kappa shape index (κ2) is 5.87. The zero-order valence-electron chi connectivity index (χ0n) is 8.99. The molecule has 1 aromatic carbocycles. The first kappa shape index (κ1) is 11.3. The number of rotatable bonds is 5. The van der Waals surface area contributed by atoms with Crippen molar-refractivity contribution in [1.29, 1.82) is 5.26 Å². The second-order valence-corrected chi connectivity index (χ2v) is 3.32. The molecule has 0 saturated heterocycles. The lowest BCUT2D eigenvalue weighted by atomic mass is 10.0. The quantitative estimate of drug-likeness (QED) is 0.684. The van der Waals surface area contributed by atoms with Gasteiger partial charge in [0.25, 0.3) is 0 Å². The molecule has 1 aromatic rings. The predicted octanol–water partition coefficient (Wildman–Crippen LogP) is 3.40. The van der Waals surface area contributed by atoms with Crippen molar-refractivity contribution in [3.8, 4) is 11.8 Å². The van der Waals surface area contributed by atoms with Crippen LogP contribution in [0.2, 0.25) is 0 Å². The molecule has 0 fully saturated rings. The van der Waals surface area contributed by atoms with Gasteiger partial charge in [-0.25, -0.2) is 0 Å². The molecule has 15 heavy (non-hydrogen) atoms. The Morgan fingerprint density at radius 3 is 2.87 bits per heavy atom. The number of benzene rings is 1. The van der Waals surface area contributed by atoms with Crippen LogP contribution in [0.1, 0.15) is 24.8 Å². The molecule has 0 spiro atoms. The number of allylic oxidation sites excluding steroid dienone is 1. The molecule has 78 valence electrons. The third-order valence-corrected chi connectivity index (χ3v) is 2.26. The van der Waals surface area contributed by atoms with Crippen molar-refractivity contribution in [2.24, 2.45) is 0 Å². The maximum Gasteiger partial charge on any atom is 0.126 e. The van der Waals surface area contributed by atoms with Crippen LogP contribution in [0.15, 0.2) is 30.8 Å². The van der Waals surface area contributed by atoms with E-state index in [1.165, 1.54) is 0 Å². The first-order valence-electron chi connectivity index (χ1n) is 4.97. The molecule has 0 heterocycles. The Hall–Kier alpha value is -1.75. The number of hydrogen-bond acceptors (Lipinski definition) is 2. The van der Waals surface area contributed by atoms with Crippen molar-refractivity contribution in [2.75, 3.05) is 7.11 Å². The van der Waals surface area contributed by atoms with Crippen molar-refractivity contribution in [2.45, 2.75) is 19.3 Å². The Balaban J connectivity index is 2.69. The van der Waals surface area contributed by atoms with Crippen LogP contribution in [-0.2, 0) is 0 Å². The van der Waals surface area contributed by atoms with Crippen molar-refractivity contribution in [1.82, 2.24) is 0 Å². The summed E-state index contributed by atoms with van der Waals surface area (Å²) in [7, 11) is 1.65. The fourth-order valence-electron chi connectivity index (χ4n) is 1.45. The van der Waals surface area contributed by atoms with Crippen molar-refractivity contribution < 1.29 is 4.74 Å². The smallest absolute Gasteiger partial charge is 0.126 e. The number of methoxy groups -OCH3 is 1. The number of nitriles is 1. The van der Waals surface area contributed by atoms with Crippen LogP contribution in [0.4, 0.5) is 0 Å². The SMILES string of the molecule is C=C(CCCC#N)c1ccccc1OC. The van der Waals surface area contributed by atoms with E-state index in [2.05, 4.69) is 12.6 Å². The van der Waals surface area contributed by atoms with Crippen LogP contribution in [0.3, 0.4) is 0 Å². The average molecular weight is 201 g/mol. The molecule has 0 aliphatic heterocycles. The molecule has 0 bridgehead atoms. The second-order valence-electron chi connectivity index (χ2n) is 3.32. The fraction of sp³-hybridized carbons (Fsp3) is 0.308. The molecule has 0 radical (unpaired) electrons. The van der Waals surface area contributed by atoms with E-state index in [1.54, 1.807) is 7.11 Å². The van der Waals surface area contributed by atoms with Gasteiger partial charge in [0, 0.05) is 12.0 Å². The number of ether oxygens (including phenoxy) is 1. The van der Waals surface area contributed by atoms with Crippen LogP contribution < -0.4 is 4.74 Å². The zero-order chi connectivity index (χ0) is 11.1. The van der Waals surface area contributed by atoms with Gasteiger partial charge in [-0.05, 0) is 24.5 Å². The van der Waals surface area contributed by atoms with E-state index in [9.17, 15) is 0 Å². The minimum atomic E-state index is 0.578. The van der Waals surface area contributed by atoms with Gasteiger partial charge in [0.05, 0.1) is 13.2 Å². The van der Waals surface area contributed by atoms with Crippen LogP contribution in [0, 0.1) is 11.3 Å². The normalized spacial score (nSPS) is 9.33. The van der Waals surface area contributed by atoms with E-state index in [0.717, 1.165) is 29.7 Å². The molecule has 0 N–H and O–H groups in total. The van der Waals surface area contributed by atoms with Gasteiger partial charge in [0.1, 0.15) is 5.75 Å². The van der Waals surface area contributed by atoms with E-state index in [-0.39, 0.29) is 0 Å². The highest BCUT2D eigenvalue weighted by atomic mass is 16.5. The molecule has 0 unspecified atom stereocenters. The van der Waals surface area contributed by atoms with Gasteiger partial charge >= 0.3 is 0 Å². The molecule has 2 heteroatoms. The summed E-state index contributed by atoms with van der Waals surface area (Å²) in [6.07, 6.45) is 2.27. The lowest BCUT2D eigenvalue weighted by molar-refractivity contribution is 0.413. The zero-order valence-corrected chi connectivity index (χ0v) is 8.99. The summed E-state index contributed by atoms with van der Waals surface area (Å²) in [6.45, 7) is 4.02. The summed E-state index contributed by atoms with van der Waals surface area (Å²) < 4.78 is 5.25. The lowest BCUT2D eigenvalue weighted by Gasteiger charge is -2.09. The first-order valence-corrected chi connectivity index (χ1v) is 4.97. The molecule has 0 saturated carbocycles. The fourth-order valence-corrected chi connectivity index (χ4v) is 1.45. The van der Waals surface area contributed by atoms with Crippen LogP contribution in [-0.4, -0.2) is 7.11 Å². The largest absolute Gasteiger partial charge is 0.496 e. The first-order chi connectivity index (χ1) is 7.29. The predicted molar refractivity (Wildman–Crippen MR) is 61.5 cm³/mol. The molecule has 0 aromatic heterocycles. The van der Waals surface area contributed by atoms with Crippen molar-refractivity contribution in [3.05, 3.63) is 36.4 Å². The topological polar surface area (TPSA) is 33.0 Å². The van der Waals surface area contributed by atoms with Gasteiger partial charge in [-0.3, -0.25) is 0 Å². The third-order valence-electron chi connectivity index (χ3n) is 2.26. The molecule has 0 aliphatic rings. The average Bonchev–Trinajstić information content (AvgIpc) is 2.29. The van der Waals surface area contributed by atoms with Crippen LogP contribution in [0.5, 0.6) is 5.75 Å². The Labute approximate surface area is 90.8 Å². The number of unbranched alkanes of at least 4 members (excludes halogenated alkanes) is 1. The summed E-state index contributed by atoms with van der Waals surface area (Å²) >= 11 is 0.